The molecule has 5 atom stereocenters. The first kappa shape index (κ1) is 39.5. The minimum atomic E-state index is -0.783. The van der Waals surface area contributed by atoms with Crippen LogP contribution < -0.4 is 26.6 Å². The lowest BCUT2D eigenvalue weighted by molar-refractivity contribution is -0.141. The van der Waals surface area contributed by atoms with Crippen molar-refractivity contribution in [2.45, 2.75) is 118 Å². The molecule has 0 saturated heterocycles. The molecule has 1 heterocycles. The Labute approximate surface area is 269 Å². The number of likely N-dealkylation sites (N-methyl/N-ethyl adjacent to an activating group) is 2. The first-order valence-electron chi connectivity index (χ1n) is 16.4. The van der Waals surface area contributed by atoms with Crippen molar-refractivity contribution < 1.29 is 24.0 Å². The largest absolute Gasteiger partial charge is 0.355 e. The van der Waals surface area contributed by atoms with E-state index in [9.17, 15) is 24.0 Å². The highest BCUT2D eigenvalue weighted by Gasteiger charge is 2.33. The smallest absolute Gasteiger partial charge is 0.252 e. The Bertz CT molecular complexity index is 1080. The number of amides is 5. The summed E-state index contributed by atoms with van der Waals surface area (Å²) < 4.78 is 0. The van der Waals surface area contributed by atoms with Gasteiger partial charge in [0.1, 0.15) is 18.1 Å². The van der Waals surface area contributed by atoms with Crippen molar-refractivity contribution in [3.63, 3.8) is 0 Å². The quantitative estimate of drug-likeness (QED) is 0.148. The number of nitrogens with one attached hydrogen (secondary N) is 5. The summed E-state index contributed by atoms with van der Waals surface area (Å²) in [5.74, 6) is -1.35. The Morgan fingerprint density at radius 3 is 1.98 bits per heavy atom. The maximum Gasteiger partial charge on any atom is 0.252 e. The van der Waals surface area contributed by atoms with E-state index >= 15 is 0 Å². The highest BCUT2D eigenvalue weighted by atomic mass is 16.2. The number of carbonyl (C=O) groups excluding carboxylic acids is 5. The van der Waals surface area contributed by atoms with Crippen molar-refractivity contribution in [3.05, 3.63) is 30.1 Å². The van der Waals surface area contributed by atoms with Crippen molar-refractivity contribution >= 4 is 29.5 Å². The van der Waals surface area contributed by atoms with Gasteiger partial charge in [-0.25, -0.2) is 0 Å². The zero-order chi connectivity index (χ0) is 34.1. The second kappa shape index (κ2) is 20.5. The van der Waals surface area contributed by atoms with Gasteiger partial charge < -0.3 is 31.5 Å². The summed E-state index contributed by atoms with van der Waals surface area (Å²) in [6.07, 6.45) is 5.90. The van der Waals surface area contributed by atoms with Gasteiger partial charge in [-0.1, -0.05) is 54.4 Å². The maximum atomic E-state index is 13.7. The van der Waals surface area contributed by atoms with Gasteiger partial charge >= 0.3 is 0 Å². The van der Waals surface area contributed by atoms with Crippen LogP contribution in [0.4, 0.5) is 0 Å². The van der Waals surface area contributed by atoms with E-state index in [4.69, 9.17) is 0 Å². The van der Waals surface area contributed by atoms with Crippen molar-refractivity contribution in [3.8, 4) is 0 Å². The molecule has 1 aromatic heterocycles. The molecule has 5 N–H and O–H groups in total. The average molecular weight is 632 g/mol. The van der Waals surface area contributed by atoms with Crippen LogP contribution in [0.5, 0.6) is 0 Å². The first-order valence-corrected chi connectivity index (χ1v) is 16.4. The molecule has 0 fully saturated rings. The van der Waals surface area contributed by atoms with Crippen molar-refractivity contribution in [2.75, 3.05) is 20.1 Å². The highest BCUT2D eigenvalue weighted by molar-refractivity contribution is 5.98. The second-order valence-corrected chi connectivity index (χ2v) is 12.4. The van der Waals surface area contributed by atoms with Crippen molar-refractivity contribution in [1.82, 2.24) is 36.5 Å². The van der Waals surface area contributed by atoms with Crippen LogP contribution in [0, 0.1) is 11.8 Å². The Balaban J connectivity index is 2.99. The fraction of sp³-hybridized carbons (Fsp3) is 0.697. The highest BCUT2D eigenvalue weighted by Crippen LogP contribution is 2.13. The van der Waals surface area contributed by atoms with E-state index in [0.717, 1.165) is 0 Å². The van der Waals surface area contributed by atoms with E-state index in [1.54, 1.807) is 26.1 Å². The molecule has 0 spiro atoms. The van der Waals surface area contributed by atoms with E-state index in [1.807, 2.05) is 34.6 Å². The minimum Gasteiger partial charge on any atom is -0.355 e. The van der Waals surface area contributed by atoms with Gasteiger partial charge in [0.15, 0.2) is 0 Å². The van der Waals surface area contributed by atoms with Crippen LogP contribution in [-0.2, 0) is 19.2 Å². The molecule has 1 rings (SSSR count). The summed E-state index contributed by atoms with van der Waals surface area (Å²) in [6.45, 7) is 16.1. The fourth-order valence-corrected chi connectivity index (χ4v) is 5.03. The topological polar surface area (TPSA) is 162 Å². The lowest BCUT2D eigenvalue weighted by Crippen LogP contribution is -2.57. The normalized spacial score (nSPS) is 14.6. The molecule has 0 aliphatic heterocycles. The van der Waals surface area contributed by atoms with E-state index in [0.29, 0.717) is 50.8 Å². The zero-order valence-corrected chi connectivity index (χ0v) is 28.7. The molecule has 0 unspecified atom stereocenters. The molecule has 0 aliphatic carbocycles. The van der Waals surface area contributed by atoms with Gasteiger partial charge in [0.2, 0.25) is 23.6 Å². The molecule has 0 radical (unpaired) electrons. The van der Waals surface area contributed by atoms with Crippen LogP contribution >= 0.6 is 0 Å². The third-order valence-corrected chi connectivity index (χ3v) is 7.57. The Morgan fingerprint density at radius 2 is 1.44 bits per heavy atom. The second-order valence-electron chi connectivity index (χ2n) is 12.4. The molecular weight excluding hydrogens is 574 g/mol. The van der Waals surface area contributed by atoms with Gasteiger partial charge in [0, 0.05) is 44.1 Å². The number of rotatable bonds is 20. The third-order valence-electron chi connectivity index (χ3n) is 7.57. The summed E-state index contributed by atoms with van der Waals surface area (Å²) >= 11 is 0. The first-order chi connectivity index (χ1) is 21.3. The van der Waals surface area contributed by atoms with E-state index in [2.05, 4.69) is 45.4 Å². The van der Waals surface area contributed by atoms with Gasteiger partial charge in [-0.3, -0.25) is 29.0 Å². The Kier molecular flexibility index (Phi) is 18.0. The minimum absolute atomic E-state index is 0.0863. The Hall–Kier alpha value is -3.54. The van der Waals surface area contributed by atoms with Gasteiger partial charge in [0.05, 0.1) is 6.04 Å². The molecule has 0 aromatic carbocycles. The summed E-state index contributed by atoms with van der Waals surface area (Å²) in [6, 6.07) is 0.0765. The predicted octanol–water partition coefficient (Wildman–Crippen LogP) is 2.39. The molecule has 0 saturated carbocycles. The average Bonchev–Trinajstić information content (AvgIpc) is 2.99. The SMILES string of the molecule is CCC[C@H](NC(=O)c1ccncc1)C(=O)N(C)[C@@H](CCC)C(=O)N[C@H](CN[C@@H](C)C(=O)N[C@H](C(=O)NCC)C(C)C)CC(C)C. The molecular formula is C33H57N7O5. The summed E-state index contributed by atoms with van der Waals surface area (Å²) in [5, 5.41) is 14.8. The summed E-state index contributed by atoms with van der Waals surface area (Å²) in [7, 11) is 1.60. The van der Waals surface area contributed by atoms with E-state index in [1.165, 1.54) is 17.3 Å². The predicted molar refractivity (Wildman–Crippen MR) is 176 cm³/mol. The molecule has 12 nitrogen and oxygen atoms in total. The fourth-order valence-electron chi connectivity index (χ4n) is 5.03. The molecule has 0 bridgehead atoms. The van der Waals surface area contributed by atoms with Crippen LogP contribution in [0.2, 0.25) is 0 Å². The number of carbonyl (C=O) groups is 5. The maximum absolute atomic E-state index is 13.7. The van der Waals surface area contributed by atoms with Crippen LogP contribution in [0.15, 0.2) is 24.5 Å². The molecule has 45 heavy (non-hydrogen) atoms. The summed E-state index contributed by atoms with van der Waals surface area (Å²) in [4.78, 5) is 70.9. The molecule has 12 heteroatoms. The van der Waals surface area contributed by atoms with E-state index < -0.39 is 24.2 Å². The van der Waals surface area contributed by atoms with Gasteiger partial charge in [0.25, 0.3) is 5.91 Å². The standard InChI is InChI=1S/C33H57N7O5/c1-10-13-26(38-30(42)24-15-17-34-18-16-24)33(45)40(9)27(14-11-2)31(43)37-25(19-21(4)5)20-36-23(8)29(41)39-28(22(6)7)32(44)35-12-3/h15-18,21-23,25-28,36H,10-14,19-20H2,1-9H3,(H,35,44)(H,37,43)(H,38,42)(H,39,41)/t23-,25-,26-,27-,28-/m0/s1. The monoisotopic (exact) mass is 631 g/mol. The van der Waals surface area contributed by atoms with Gasteiger partial charge in [-0.2, -0.15) is 0 Å². The number of aromatic nitrogens is 1. The van der Waals surface area contributed by atoms with Crippen LogP contribution in [-0.4, -0.2) is 89.8 Å². The molecule has 0 aliphatic rings. The zero-order valence-electron chi connectivity index (χ0n) is 28.7. The van der Waals surface area contributed by atoms with Crippen LogP contribution in [0.25, 0.3) is 0 Å². The van der Waals surface area contributed by atoms with Crippen LogP contribution in [0.3, 0.4) is 0 Å². The summed E-state index contributed by atoms with van der Waals surface area (Å²) in [5.41, 5.74) is 0.403. The van der Waals surface area contributed by atoms with Crippen molar-refractivity contribution in [2.24, 2.45) is 11.8 Å². The van der Waals surface area contributed by atoms with Gasteiger partial charge in [-0.05, 0) is 57.1 Å². The molecule has 1 aromatic rings. The van der Waals surface area contributed by atoms with Crippen LogP contribution in [0.1, 0.15) is 97.9 Å². The number of nitrogens with zero attached hydrogens (tertiary/aromatic N) is 2. The number of hydrogen-bond donors (Lipinski definition) is 5. The third kappa shape index (κ3) is 13.5. The van der Waals surface area contributed by atoms with Gasteiger partial charge in [-0.15, -0.1) is 0 Å². The lowest BCUT2D eigenvalue weighted by Gasteiger charge is -2.32. The molecule has 5 amide bonds. The number of hydrogen-bond acceptors (Lipinski definition) is 7. The van der Waals surface area contributed by atoms with E-state index in [-0.39, 0.29) is 47.4 Å². The molecule has 254 valence electrons. The Morgan fingerprint density at radius 1 is 0.822 bits per heavy atom. The number of pyridine rings is 1. The van der Waals surface area contributed by atoms with Crippen molar-refractivity contribution in [1.29, 1.82) is 0 Å². The lowest BCUT2D eigenvalue weighted by atomic mass is 10.0.